The molecule has 0 aromatic carbocycles. The Morgan fingerprint density at radius 1 is 1.38 bits per heavy atom. The van der Waals surface area contributed by atoms with Crippen LogP contribution in [0.2, 0.25) is 0 Å². The fourth-order valence-electron chi connectivity index (χ4n) is 1.89. The van der Waals surface area contributed by atoms with Crippen molar-refractivity contribution in [2.24, 2.45) is 5.41 Å². The lowest BCUT2D eigenvalue weighted by atomic mass is 9.85. The molecule has 1 aromatic rings. The molecule has 0 bridgehead atoms. The summed E-state index contributed by atoms with van der Waals surface area (Å²) in [6, 6.07) is 3.00. The Kier molecular flexibility index (Phi) is 5.29. The first-order valence-electron chi connectivity index (χ1n) is 6.69. The minimum Gasteiger partial charge on any atom is -0.481 e. The van der Waals surface area contributed by atoms with Crippen LogP contribution in [0, 0.1) is 12.3 Å². The molecule has 116 valence electrons. The van der Waals surface area contributed by atoms with E-state index in [1.54, 1.807) is 19.1 Å². The van der Waals surface area contributed by atoms with Crippen molar-refractivity contribution in [3.63, 3.8) is 0 Å². The van der Waals surface area contributed by atoms with Crippen molar-refractivity contribution >= 4 is 17.8 Å². The lowest BCUT2D eigenvalue weighted by Crippen LogP contribution is -2.36. The summed E-state index contributed by atoms with van der Waals surface area (Å²) in [6.07, 6.45) is -0.0109. The van der Waals surface area contributed by atoms with Crippen LogP contribution in [0.25, 0.3) is 0 Å². The van der Waals surface area contributed by atoms with E-state index in [2.05, 4.69) is 15.0 Å². The molecule has 6 heteroatoms. The van der Waals surface area contributed by atoms with Crippen LogP contribution in [-0.4, -0.2) is 35.2 Å². The van der Waals surface area contributed by atoms with E-state index >= 15 is 0 Å². The number of hydrogen-bond donors (Lipinski definition) is 2. The van der Waals surface area contributed by atoms with Gasteiger partial charge in [0.05, 0.1) is 24.8 Å². The lowest BCUT2D eigenvalue weighted by Gasteiger charge is -2.31. The van der Waals surface area contributed by atoms with Crippen molar-refractivity contribution in [2.45, 2.75) is 40.2 Å². The molecule has 0 radical (unpaired) electrons. The molecule has 0 saturated carbocycles. The van der Waals surface area contributed by atoms with Crippen molar-refractivity contribution in [1.82, 2.24) is 4.98 Å². The number of esters is 1. The second-order valence-corrected chi connectivity index (χ2v) is 5.98. The molecule has 1 atom stereocenters. The summed E-state index contributed by atoms with van der Waals surface area (Å²) in [5, 5.41) is 12.1. The number of pyridine rings is 1. The maximum absolute atomic E-state index is 11.5. The molecule has 0 fully saturated rings. The van der Waals surface area contributed by atoms with Gasteiger partial charge in [0.2, 0.25) is 0 Å². The minimum atomic E-state index is -0.870. The summed E-state index contributed by atoms with van der Waals surface area (Å²) < 4.78 is 4.67. The third-order valence-corrected chi connectivity index (χ3v) is 3.24. The van der Waals surface area contributed by atoms with Crippen LogP contribution in [0.15, 0.2) is 12.1 Å². The van der Waals surface area contributed by atoms with Gasteiger partial charge < -0.3 is 15.2 Å². The van der Waals surface area contributed by atoms with Gasteiger partial charge >= 0.3 is 11.9 Å². The fraction of sp³-hybridized carbons (Fsp3) is 0.533. The Morgan fingerprint density at radius 2 is 2.00 bits per heavy atom. The number of aryl methyl sites for hydroxylation is 1. The largest absolute Gasteiger partial charge is 0.481 e. The number of carbonyl (C=O) groups is 2. The number of nitrogens with zero attached hydrogens (tertiary/aromatic N) is 1. The molecule has 1 rings (SSSR count). The van der Waals surface area contributed by atoms with Gasteiger partial charge in [-0.15, -0.1) is 0 Å². The first-order chi connectivity index (χ1) is 9.65. The molecule has 21 heavy (non-hydrogen) atoms. The highest BCUT2D eigenvalue weighted by molar-refractivity contribution is 5.90. The second-order valence-electron chi connectivity index (χ2n) is 5.98. The highest BCUT2D eigenvalue weighted by Gasteiger charge is 2.27. The third kappa shape index (κ3) is 4.73. The van der Waals surface area contributed by atoms with E-state index in [1.807, 2.05) is 20.8 Å². The molecule has 1 aromatic heterocycles. The van der Waals surface area contributed by atoms with E-state index in [4.69, 9.17) is 5.11 Å². The zero-order valence-electron chi connectivity index (χ0n) is 13.1. The number of aromatic nitrogens is 1. The van der Waals surface area contributed by atoms with Gasteiger partial charge in [-0.3, -0.25) is 4.79 Å². The topological polar surface area (TPSA) is 88.5 Å². The number of ether oxygens (including phenoxy) is 1. The SMILES string of the molecule is COC(=O)c1ccc(NC(CC(=O)O)C(C)(C)C)nc1C. The van der Waals surface area contributed by atoms with Crippen LogP contribution in [0.3, 0.4) is 0 Å². The van der Waals surface area contributed by atoms with E-state index in [1.165, 1.54) is 7.11 Å². The molecule has 0 aliphatic carbocycles. The summed E-state index contributed by atoms with van der Waals surface area (Å²) in [5.74, 6) is -0.767. The van der Waals surface area contributed by atoms with Gasteiger partial charge in [0.15, 0.2) is 0 Å². The van der Waals surface area contributed by atoms with Gasteiger partial charge in [0, 0.05) is 6.04 Å². The molecule has 0 saturated heterocycles. The number of anilines is 1. The number of aliphatic carboxylic acids is 1. The van der Waals surface area contributed by atoms with Gasteiger partial charge in [-0.1, -0.05) is 20.8 Å². The van der Waals surface area contributed by atoms with Gasteiger partial charge in [0.1, 0.15) is 5.82 Å². The summed E-state index contributed by atoms with van der Waals surface area (Å²) in [6.45, 7) is 7.59. The summed E-state index contributed by atoms with van der Waals surface area (Å²) >= 11 is 0. The Labute approximate surface area is 124 Å². The van der Waals surface area contributed by atoms with Crippen LogP contribution in [0.4, 0.5) is 5.82 Å². The minimum absolute atomic E-state index is 0.0109. The maximum atomic E-state index is 11.5. The molecule has 2 N–H and O–H groups in total. The predicted molar refractivity (Wildman–Crippen MR) is 79.4 cm³/mol. The monoisotopic (exact) mass is 294 g/mol. The van der Waals surface area contributed by atoms with Crippen LogP contribution >= 0.6 is 0 Å². The molecule has 0 spiro atoms. The highest BCUT2D eigenvalue weighted by Crippen LogP contribution is 2.25. The number of carboxylic acids is 1. The molecule has 0 aliphatic rings. The average Bonchev–Trinajstić information content (AvgIpc) is 2.35. The van der Waals surface area contributed by atoms with E-state index in [-0.39, 0.29) is 17.9 Å². The van der Waals surface area contributed by atoms with Gasteiger partial charge in [-0.05, 0) is 24.5 Å². The number of nitrogens with one attached hydrogen (secondary N) is 1. The van der Waals surface area contributed by atoms with Crippen LogP contribution in [-0.2, 0) is 9.53 Å². The summed E-state index contributed by atoms with van der Waals surface area (Å²) in [4.78, 5) is 26.8. The Balaban J connectivity index is 2.97. The van der Waals surface area contributed by atoms with Crippen LogP contribution in [0.1, 0.15) is 43.2 Å². The van der Waals surface area contributed by atoms with Crippen molar-refractivity contribution in [3.8, 4) is 0 Å². The van der Waals surface area contributed by atoms with Gasteiger partial charge in [-0.25, -0.2) is 9.78 Å². The maximum Gasteiger partial charge on any atom is 0.339 e. The summed E-state index contributed by atoms with van der Waals surface area (Å²) in [5.41, 5.74) is 0.693. The molecule has 0 amide bonds. The number of carbonyl (C=O) groups excluding carboxylic acids is 1. The van der Waals surface area contributed by atoms with E-state index in [9.17, 15) is 9.59 Å². The van der Waals surface area contributed by atoms with Crippen molar-refractivity contribution < 1.29 is 19.4 Å². The zero-order chi connectivity index (χ0) is 16.2. The third-order valence-electron chi connectivity index (χ3n) is 3.24. The quantitative estimate of drug-likeness (QED) is 0.811. The molecular weight excluding hydrogens is 272 g/mol. The van der Waals surface area contributed by atoms with Crippen molar-refractivity contribution in [2.75, 3.05) is 12.4 Å². The Hall–Kier alpha value is -2.11. The lowest BCUT2D eigenvalue weighted by molar-refractivity contribution is -0.137. The second kappa shape index (κ2) is 6.56. The summed E-state index contributed by atoms with van der Waals surface area (Å²) in [7, 11) is 1.32. The van der Waals surface area contributed by atoms with Crippen LogP contribution < -0.4 is 5.32 Å². The smallest absolute Gasteiger partial charge is 0.339 e. The number of hydrogen-bond acceptors (Lipinski definition) is 5. The number of carboxylic acid groups (broad SMARTS) is 1. The average molecular weight is 294 g/mol. The molecule has 1 unspecified atom stereocenters. The predicted octanol–water partition coefficient (Wildman–Crippen LogP) is 2.48. The first-order valence-corrected chi connectivity index (χ1v) is 6.69. The van der Waals surface area contributed by atoms with Crippen molar-refractivity contribution in [1.29, 1.82) is 0 Å². The Morgan fingerprint density at radius 3 is 2.43 bits per heavy atom. The molecule has 0 aliphatic heterocycles. The van der Waals surface area contributed by atoms with E-state index in [0.717, 1.165) is 0 Å². The van der Waals surface area contributed by atoms with Crippen molar-refractivity contribution in [3.05, 3.63) is 23.4 Å². The number of methoxy groups -OCH3 is 1. The van der Waals surface area contributed by atoms with Crippen LogP contribution in [0.5, 0.6) is 0 Å². The highest BCUT2D eigenvalue weighted by atomic mass is 16.5. The molecule has 1 heterocycles. The fourth-order valence-corrected chi connectivity index (χ4v) is 1.89. The van der Waals surface area contributed by atoms with E-state index < -0.39 is 11.9 Å². The normalized spacial score (nSPS) is 12.6. The molecular formula is C15H22N2O4. The first kappa shape index (κ1) is 16.9. The van der Waals surface area contributed by atoms with Gasteiger partial charge in [-0.2, -0.15) is 0 Å². The molecule has 6 nitrogen and oxygen atoms in total. The van der Waals surface area contributed by atoms with Gasteiger partial charge in [0.25, 0.3) is 0 Å². The standard InChI is InChI=1S/C15H22N2O4/c1-9-10(14(20)21-5)6-7-12(16-9)17-11(8-13(18)19)15(2,3)4/h6-7,11H,8H2,1-5H3,(H,16,17)(H,18,19). The Bertz CT molecular complexity index is 535. The zero-order valence-corrected chi connectivity index (χ0v) is 13.1. The van der Waals surface area contributed by atoms with E-state index in [0.29, 0.717) is 17.1 Å². The number of rotatable bonds is 5.